The van der Waals surface area contributed by atoms with Crippen molar-refractivity contribution in [2.45, 2.75) is 124 Å². The van der Waals surface area contributed by atoms with Crippen LogP contribution >= 0.6 is 0 Å². The van der Waals surface area contributed by atoms with Crippen molar-refractivity contribution in [2.24, 2.45) is 0 Å². The van der Waals surface area contributed by atoms with Gasteiger partial charge in [0.05, 0.1) is 12.3 Å². The van der Waals surface area contributed by atoms with Crippen molar-refractivity contribution in [2.75, 3.05) is 25.6 Å². The Morgan fingerprint density at radius 1 is 0.729 bits per heavy atom. The normalized spacial score (nSPS) is 15.1. The molecule has 2 amide bonds. The molecule has 2 rings (SSSR count). The van der Waals surface area contributed by atoms with Gasteiger partial charge in [0.15, 0.2) is 14.4 Å². The number of amides is 2. The van der Waals surface area contributed by atoms with Gasteiger partial charge in [0.1, 0.15) is 30.1 Å². The van der Waals surface area contributed by atoms with E-state index in [2.05, 4.69) is 5.32 Å². The fourth-order valence-corrected chi connectivity index (χ4v) is 11.2. The van der Waals surface area contributed by atoms with E-state index in [9.17, 15) is 84.2 Å². The Labute approximate surface area is 387 Å². The molecule has 2 atom stereocenters. The third-order valence-corrected chi connectivity index (χ3v) is 16.4. The maximum absolute atomic E-state index is 15.0. The lowest BCUT2D eigenvalue weighted by molar-refractivity contribution is -0.461. The summed E-state index contributed by atoms with van der Waals surface area (Å²) in [5, 5.41) is 10.8. The molecular formula is C41H45F19N2O7Si. The van der Waals surface area contributed by atoms with Crippen LogP contribution < -0.4 is 15.5 Å². The SMILES string of the molecule is CO[C@@H](C/C=C/C(C)=C/C(=O)NO)[C@@H](OC(=O)Nc1ccc(F)cc1F)c1ccc(OCCO[Si](CCC(F)(F)C(F)(F)C(F)(F)C(F)(F)C(F)(F)C(F)(F)C(F)(F)C(F)(F)F)(C(C)C)C(C)C)cc1. The molecule has 0 fully saturated rings. The Kier molecular flexibility index (Phi) is 19.9. The second-order valence-electron chi connectivity index (χ2n) is 16.0. The quantitative estimate of drug-likeness (QED) is 0.0173. The van der Waals surface area contributed by atoms with Gasteiger partial charge in [0, 0.05) is 25.7 Å². The summed E-state index contributed by atoms with van der Waals surface area (Å²) in [4.78, 5) is 24.4. The molecule has 0 bridgehead atoms. The van der Waals surface area contributed by atoms with E-state index >= 15 is 8.78 Å². The minimum Gasteiger partial charge on any atom is -0.491 e. The third-order valence-electron chi connectivity index (χ3n) is 10.8. The average Bonchev–Trinajstić information content (AvgIpc) is 3.24. The lowest BCUT2D eigenvalue weighted by Crippen LogP contribution is -2.74. The Balaban J connectivity index is 2.35. The summed E-state index contributed by atoms with van der Waals surface area (Å²) < 4.78 is 286. The van der Waals surface area contributed by atoms with Crippen molar-refractivity contribution in [1.82, 2.24) is 5.48 Å². The molecule has 0 saturated heterocycles. The highest BCUT2D eigenvalue weighted by molar-refractivity contribution is 6.76. The maximum Gasteiger partial charge on any atom is 0.460 e. The number of rotatable bonds is 25. The van der Waals surface area contributed by atoms with Crippen molar-refractivity contribution < 1.29 is 117 Å². The van der Waals surface area contributed by atoms with E-state index in [4.69, 9.17) is 23.8 Å². The smallest absolute Gasteiger partial charge is 0.460 e. The molecule has 0 aliphatic rings. The van der Waals surface area contributed by atoms with Crippen molar-refractivity contribution in [3.8, 4) is 5.75 Å². The Hall–Kier alpha value is -4.77. The summed E-state index contributed by atoms with van der Waals surface area (Å²) in [6.07, 6.45) is -10.1. The number of carbonyl (C=O) groups is 2. The zero-order valence-corrected chi connectivity index (χ0v) is 38.2. The van der Waals surface area contributed by atoms with Crippen LogP contribution in [0.5, 0.6) is 5.75 Å². The molecule has 0 aromatic heterocycles. The number of hydrogen-bond donors (Lipinski definition) is 3. The van der Waals surface area contributed by atoms with E-state index in [-0.39, 0.29) is 17.7 Å². The standard InChI is InChI=1S/C41H45F19N2O7Si/c1-22(2)70(23(3)4,19-16-34(44,45)35(46,47)36(48,49)37(50,51)38(52,53)39(54,55)40(56,57)41(58,59)60)68-18-17-67-27-13-10-25(11-14-27)32(30(66-6)9-7-8-24(5)20-31(63)62-65)69-33(64)61-29-15-12-26(42)21-28(29)43/h7-8,10-15,20-23,30,32,65H,9,16-19H2,1-6H3,(H,61,64)(H,62,63)/b8-7+,24-20+/t30-,32-/m0/s1. The molecular weight excluding hydrogens is 1020 g/mol. The number of halogens is 19. The van der Waals surface area contributed by atoms with Crippen molar-refractivity contribution >= 4 is 26.0 Å². The van der Waals surface area contributed by atoms with Crippen LogP contribution in [0, 0.1) is 11.6 Å². The lowest BCUT2D eigenvalue weighted by Gasteiger charge is -2.44. The van der Waals surface area contributed by atoms with Gasteiger partial charge in [-0.2, -0.15) is 74.6 Å². The summed E-state index contributed by atoms with van der Waals surface area (Å²) in [6.45, 7) is 5.50. The van der Waals surface area contributed by atoms with Gasteiger partial charge in [0.25, 0.3) is 5.91 Å². The van der Waals surface area contributed by atoms with E-state index in [1.807, 2.05) is 0 Å². The van der Waals surface area contributed by atoms with Gasteiger partial charge >= 0.3 is 53.7 Å². The van der Waals surface area contributed by atoms with E-state index in [1.165, 1.54) is 83.6 Å². The first-order chi connectivity index (χ1) is 31.8. The monoisotopic (exact) mass is 1070 g/mol. The summed E-state index contributed by atoms with van der Waals surface area (Å²) in [5.74, 6) is -60.0. The predicted octanol–water partition coefficient (Wildman–Crippen LogP) is 13.2. The fraction of sp³-hybridized carbons (Fsp3) is 0.561. The third kappa shape index (κ3) is 12.8. The molecule has 0 spiro atoms. The summed E-state index contributed by atoms with van der Waals surface area (Å²) in [6, 6.07) is 6.09. The molecule has 398 valence electrons. The number of hydrogen-bond acceptors (Lipinski definition) is 7. The van der Waals surface area contributed by atoms with Crippen LogP contribution in [0.3, 0.4) is 0 Å². The van der Waals surface area contributed by atoms with Crippen LogP contribution in [0.2, 0.25) is 17.1 Å². The Morgan fingerprint density at radius 3 is 1.71 bits per heavy atom. The van der Waals surface area contributed by atoms with Gasteiger partial charge in [-0.15, -0.1) is 0 Å². The van der Waals surface area contributed by atoms with Crippen molar-refractivity contribution in [3.63, 3.8) is 0 Å². The first kappa shape index (κ1) is 61.3. The highest BCUT2D eigenvalue weighted by atomic mass is 28.4. The van der Waals surface area contributed by atoms with Crippen molar-refractivity contribution in [1.29, 1.82) is 0 Å². The molecule has 3 N–H and O–H groups in total. The number of ether oxygens (including phenoxy) is 3. The highest BCUT2D eigenvalue weighted by Crippen LogP contribution is 2.64. The van der Waals surface area contributed by atoms with E-state index in [0.29, 0.717) is 11.6 Å². The van der Waals surface area contributed by atoms with Crippen LogP contribution in [-0.4, -0.2) is 99.6 Å². The molecule has 29 heteroatoms. The molecule has 9 nitrogen and oxygen atoms in total. The molecule has 0 aliphatic carbocycles. The Morgan fingerprint density at radius 2 is 1.24 bits per heavy atom. The minimum absolute atomic E-state index is 0.00629. The molecule has 2 aromatic carbocycles. The number of anilines is 1. The van der Waals surface area contributed by atoms with E-state index in [1.54, 1.807) is 0 Å². The van der Waals surface area contributed by atoms with Crippen LogP contribution in [0.1, 0.15) is 59.1 Å². The number of nitrogens with one attached hydrogen (secondary N) is 2. The second kappa shape index (κ2) is 22.8. The number of carbonyl (C=O) groups excluding carboxylic acids is 2. The predicted molar refractivity (Wildman–Crippen MR) is 211 cm³/mol. The maximum atomic E-state index is 15.0. The highest BCUT2D eigenvalue weighted by Gasteiger charge is 2.95. The molecule has 0 heterocycles. The number of methoxy groups -OCH3 is 1. The van der Waals surface area contributed by atoms with Gasteiger partial charge in [-0.3, -0.25) is 15.3 Å². The molecule has 0 saturated carbocycles. The van der Waals surface area contributed by atoms with Gasteiger partial charge in [-0.05, 0) is 65.9 Å². The zero-order chi connectivity index (χ0) is 54.3. The summed E-state index contributed by atoms with van der Waals surface area (Å²) >= 11 is 0. The molecule has 70 heavy (non-hydrogen) atoms. The van der Waals surface area contributed by atoms with Crippen molar-refractivity contribution in [3.05, 3.63) is 83.5 Å². The summed E-state index contributed by atoms with van der Waals surface area (Å²) in [7, 11) is -2.85. The second-order valence-corrected chi connectivity index (χ2v) is 21.0. The van der Waals surface area contributed by atoms with Gasteiger partial charge in [0.2, 0.25) is 0 Å². The molecule has 0 unspecified atom stereocenters. The number of benzene rings is 2. The van der Waals surface area contributed by atoms with Gasteiger partial charge in [-0.25, -0.2) is 19.1 Å². The number of alkyl halides is 17. The first-order valence-corrected chi connectivity index (χ1v) is 22.4. The van der Waals surface area contributed by atoms with Crippen LogP contribution in [0.4, 0.5) is 93.9 Å². The topological polar surface area (TPSA) is 115 Å². The van der Waals surface area contributed by atoms with Crippen LogP contribution in [0.25, 0.3) is 0 Å². The Bertz CT molecular complexity index is 2130. The molecule has 0 aliphatic heterocycles. The number of allylic oxidation sites excluding steroid dienone is 2. The summed E-state index contributed by atoms with van der Waals surface area (Å²) in [5.41, 5.74) is -0.406. The molecule has 0 radical (unpaired) electrons. The van der Waals surface area contributed by atoms with Gasteiger partial charge in [-0.1, -0.05) is 52.0 Å². The fourth-order valence-electron chi connectivity index (χ4n) is 6.72. The largest absolute Gasteiger partial charge is 0.491 e. The van der Waals surface area contributed by atoms with E-state index in [0.717, 1.165) is 18.2 Å². The van der Waals surface area contributed by atoms with Crippen LogP contribution in [0.15, 0.2) is 66.3 Å². The lowest BCUT2D eigenvalue weighted by atomic mass is 9.88. The number of hydroxylamine groups is 1. The van der Waals surface area contributed by atoms with Crippen LogP contribution in [-0.2, 0) is 18.7 Å². The first-order valence-electron chi connectivity index (χ1n) is 20.1. The molecule has 2 aromatic rings. The van der Waals surface area contributed by atoms with Gasteiger partial charge < -0.3 is 18.6 Å². The zero-order valence-electron chi connectivity index (χ0n) is 37.2. The minimum atomic E-state index is -8.73. The average molecular weight is 1070 g/mol. The van der Waals surface area contributed by atoms with E-state index < -0.39 is 134 Å².